The Bertz CT molecular complexity index is 496. The molecule has 2 N–H and O–H groups in total. The Morgan fingerprint density at radius 2 is 1.90 bits per heavy atom. The highest BCUT2D eigenvalue weighted by Gasteiger charge is 2.26. The van der Waals surface area contributed by atoms with Crippen LogP contribution in [-0.4, -0.2) is 42.9 Å². The Hall–Kier alpha value is -1.88. The molecule has 110 valence electrons. The summed E-state index contributed by atoms with van der Waals surface area (Å²) in [5, 5.41) is 5.94. The van der Waals surface area contributed by atoms with E-state index in [4.69, 9.17) is 0 Å². The summed E-state index contributed by atoms with van der Waals surface area (Å²) in [7, 11) is 3.39. The molecular weight excluding hydrogens is 254 g/mol. The average Bonchev–Trinajstić information content (AvgIpc) is 2.37. The Morgan fingerprint density at radius 3 is 2.45 bits per heavy atom. The number of rotatable bonds is 5. The number of nitrogens with one attached hydrogen (secondary N) is 2. The van der Waals surface area contributed by atoms with E-state index in [1.165, 1.54) is 4.90 Å². The highest BCUT2D eigenvalue weighted by atomic mass is 16.2. The van der Waals surface area contributed by atoms with Crippen molar-refractivity contribution in [3.8, 4) is 0 Å². The molecule has 0 saturated heterocycles. The first-order chi connectivity index (χ1) is 9.27. The molecule has 2 amide bonds. The normalized spacial score (nSPS) is 11.1. The van der Waals surface area contributed by atoms with E-state index in [0.29, 0.717) is 17.8 Å². The van der Waals surface area contributed by atoms with E-state index in [-0.39, 0.29) is 11.8 Å². The average molecular weight is 277 g/mol. The third-order valence-corrected chi connectivity index (χ3v) is 2.96. The van der Waals surface area contributed by atoms with Gasteiger partial charge < -0.3 is 15.5 Å². The van der Waals surface area contributed by atoms with Gasteiger partial charge in [-0.1, -0.05) is 13.0 Å². The summed E-state index contributed by atoms with van der Waals surface area (Å²) >= 11 is 0. The van der Waals surface area contributed by atoms with Crippen molar-refractivity contribution in [2.45, 2.75) is 26.3 Å². The van der Waals surface area contributed by atoms with Crippen molar-refractivity contribution in [1.82, 2.24) is 10.2 Å². The highest BCUT2D eigenvalue weighted by Crippen LogP contribution is 2.14. The van der Waals surface area contributed by atoms with Gasteiger partial charge in [0.2, 0.25) is 5.91 Å². The standard InChI is InChI=1S/C15H23N3O2/c1-6-16-15(2,3)14(20)17-12-9-7-8-11(10-12)13(19)18(4)5/h7-10,16H,6H2,1-5H3,(H,17,20). The number of anilines is 1. The van der Waals surface area contributed by atoms with Crippen LogP contribution in [0.25, 0.3) is 0 Å². The van der Waals surface area contributed by atoms with E-state index in [0.717, 1.165) is 0 Å². The lowest BCUT2D eigenvalue weighted by Gasteiger charge is -2.24. The summed E-state index contributed by atoms with van der Waals surface area (Å²) in [5.41, 5.74) is 0.513. The summed E-state index contributed by atoms with van der Waals surface area (Å²) in [6.07, 6.45) is 0. The Morgan fingerprint density at radius 1 is 1.25 bits per heavy atom. The predicted molar refractivity (Wildman–Crippen MR) is 80.8 cm³/mol. The largest absolute Gasteiger partial charge is 0.345 e. The summed E-state index contributed by atoms with van der Waals surface area (Å²) in [6, 6.07) is 6.94. The van der Waals surface area contributed by atoms with Crippen LogP contribution >= 0.6 is 0 Å². The first kappa shape index (κ1) is 16.2. The smallest absolute Gasteiger partial charge is 0.253 e. The summed E-state index contributed by atoms with van der Waals surface area (Å²) in [4.78, 5) is 25.6. The van der Waals surface area contributed by atoms with Crippen LogP contribution in [0.15, 0.2) is 24.3 Å². The number of benzene rings is 1. The number of amides is 2. The molecular formula is C15H23N3O2. The van der Waals surface area contributed by atoms with Crippen LogP contribution in [0.2, 0.25) is 0 Å². The van der Waals surface area contributed by atoms with Crippen LogP contribution in [0.3, 0.4) is 0 Å². The molecule has 1 aromatic carbocycles. The topological polar surface area (TPSA) is 61.4 Å². The number of carbonyl (C=O) groups excluding carboxylic acids is 2. The quantitative estimate of drug-likeness (QED) is 0.861. The monoisotopic (exact) mass is 277 g/mol. The third kappa shape index (κ3) is 4.06. The molecule has 0 heterocycles. The van der Waals surface area contributed by atoms with E-state index in [1.54, 1.807) is 38.4 Å². The maximum Gasteiger partial charge on any atom is 0.253 e. The third-order valence-electron chi connectivity index (χ3n) is 2.96. The van der Waals surface area contributed by atoms with Gasteiger partial charge >= 0.3 is 0 Å². The lowest BCUT2D eigenvalue weighted by atomic mass is 10.0. The minimum atomic E-state index is -0.656. The van der Waals surface area contributed by atoms with Gasteiger partial charge in [0, 0.05) is 25.3 Å². The number of hydrogen-bond donors (Lipinski definition) is 2. The molecule has 0 spiro atoms. The van der Waals surface area contributed by atoms with Crippen LogP contribution in [-0.2, 0) is 4.79 Å². The molecule has 0 aliphatic carbocycles. The molecule has 0 fully saturated rings. The minimum absolute atomic E-state index is 0.0907. The van der Waals surface area contributed by atoms with Gasteiger partial charge in [0.1, 0.15) is 0 Å². The highest BCUT2D eigenvalue weighted by molar-refractivity contribution is 5.99. The van der Waals surface area contributed by atoms with E-state index in [9.17, 15) is 9.59 Å². The van der Waals surface area contributed by atoms with Crippen LogP contribution in [0.5, 0.6) is 0 Å². The molecule has 5 nitrogen and oxygen atoms in total. The first-order valence-corrected chi connectivity index (χ1v) is 6.66. The van der Waals surface area contributed by atoms with Gasteiger partial charge in [0.25, 0.3) is 5.91 Å². The lowest BCUT2D eigenvalue weighted by Crippen LogP contribution is -2.49. The van der Waals surface area contributed by atoms with Crippen molar-refractivity contribution in [1.29, 1.82) is 0 Å². The summed E-state index contributed by atoms with van der Waals surface area (Å²) < 4.78 is 0. The van der Waals surface area contributed by atoms with Crippen molar-refractivity contribution < 1.29 is 9.59 Å². The van der Waals surface area contributed by atoms with Crippen LogP contribution in [0, 0.1) is 0 Å². The van der Waals surface area contributed by atoms with E-state index in [1.807, 2.05) is 20.8 Å². The second kappa shape index (κ2) is 6.52. The van der Waals surface area contributed by atoms with Gasteiger partial charge in [-0.25, -0.2) is 0 Å². The minimum Gasteiger partial charge on any atom is -0.345 e. The van der Waals surface area contributed by atoms with Gasteiger partial charge in [-0.15, -0.1) is 0 Å². The molecule has 5 heteroatoms. The Balaban J connectivity index is 2.86. The van der Waals surface area contributed by atoms with Crippen molar-refractivity contribution >= 4 is 17.5 Å². The maximum absolute atomic E-state index is 12.2. The fraction of sp³-hybridized carbons (Fsp3) is 0.467. The van der Waals surface area contributed by atoms with E-state index >= 15 is 0 Å². The Kier molecular flexibility index (Phi) is 5.27. The summed E-state index contributed by atoms with van der Waals surface area (Å²) in [6.45, 7) is 6.30. The Labute approximate surface area is 120 Å². The zero-order valence-corrected chi connectivity index (χ0v) is 12.8. The number of carbonyl (C=O) groups is 2. The second-order valence-corrected chi connectivity index (χ2v) is 5.39. The van der Waals surface area contributed by atoms with Crippen molar-refractivity contribution in [2.24, 2.45) is 0 Å². The number of hydrogen-bond acceptors (Lipinski definition) is 3. The number of likely N-dealkylation sites (N-methyl/N-ethyl adjacent to an activating group) is 1. The molecule has 0 unspecified atom stereocenters. The fourth-order valence-corrected chi connectivity index (χ4v) is 1.80. The zero-order valence-electron chi connectivity index (χ0n) is 12.8. The molecule has 1 aromatic rings. The second-order valence-electron chi connectivity index (χ2n) is 5.39. The molecule has 0 atom stereocenters. The molecule has 1 rings (SSSR count). The SMILES string of the molecule is CCNC(C)(C)C(=O)Nc1cccc(C(=O)N(C)C)c1. The van der Waals surface area contributed by atoms with Gasteiger partial charge in [-0.05, 0) is 38.6 Å². The molecule has 20 heavy (non-hydrogen) atoms. The molecule has 0 aromatic heterocycles. The zero-order chi connectivity index (χ0) is 15.3. The summed E-state index contributed by atoms with van der Waals surface area (Å²) in [5.74, 6) is -0.221. The molecule has 0 bridgehead atoms. The maximum atomic E-state index is 12.2. The van der Waals surface area contributed by atoms with Gasteiger partial charge in [-0.2, -0.15) is 0 Å². The predicted octanol–water partition coefficient (Wildman–Crippen LogP) is 1.71. The fourth-order valence-electron chi connectivity index (χ4n) is 1.80. The van der Waals surface area contributed by atoms with Gasteiger partial charge in [0.15, 0.2) is 0 Å². The van der Waals surface area contributed by atoms with Gasteiger partial charge in [0.05, 0.1) is 5.54 Å². The van der Waals surface area contributed by atoms with E-state index in [2.05, 4.69) is 10.6 Å². The van der Waals surface area contributed by atoms with Crippen molar-refractivity contribution in [3.05, 3.63) is 29.8 Å². The molecule has 0 aliphatic rings. The number of nitrogens with zero attached hydrogens (tertiary/aromatic N) is 1. The lowest BCUT2D eigenvalue weighted by molar-refractivity contribution is -0.121. The molecule has 0 radical (unpaired) electrons. The van der Waals surface area contributed by atoms with Crippen molar-refractivity contribution in [3.63, 3.8) is 0 Å². The van der Waals surface area contributed by atoms with Crippen LogP contribution in [0.1, 0.15) is 31.1 Å². The van der Waals surface area contributed by atoms with Crippen molar-refractivity contribution in [2.75, 3.05) is 26.0 Å². The first-order valence-electron chi connectivity index (χ1n) is 6.66. The molecule has 0 saturated carbocycles. The van der Waals surface area contributed by atoms with Crippen LogP contribution in [0.4, 0.5) is 5.69 Å². The van der Waals surface area contributed by atoms with Gasteiger partial charge in [-0.3, -0.25) is 9.59 Å². The van der Waals surface area contributed by atoms with Crippen LogP contribution < -0.4 is 10.6 Å². The van der Waals surface area contributed by atoms with E-state index < -0.39 is 5.54 Å². The molecule has 0 aliphatic heterocycles.